The average molecular weight is 254 g/mol. The number of hydrogen-bond acceptors (Lipinski definition) is 3. The van der Waals surface area contributed by atoms with Crippen molar-refractivity contribution in [3.05, 3.63) is 59.9 Å². The lowest BCUT2D eigenvalue weighted by Gasteiger charge is -2.17. The number of ketones is 1. The Morgan fingerprint density at radius 2 is 1.79 bits per heavy atom. The number of aromatic nitrogens is 1. The molecule has 3 heteroatoms. The second-order valence-electron chi connectivity index (χ2n) is 4.82. The number of benzene rings is 1. The first kappa shape index (κ1) is 13.3. The van der Waals surface area contributed by atoms with Gasteiger partial charge in [-0.1, -0.05) is 18.2 Å². The van der Waals surface area contributed by atoms with Gasteiger partial charge in [0, 0.05) is 32.2 Å². The van der Waals surface area contributed by atoms with Crippen molar-refractivity contribution in [2.45, 2.75) is 12.8 Å². The Hall–Kier alpha value is -2.16. The van der Waals surface area contributed by atoms with Crippen LogP contribution in [0.2, 0.25) is 0 Å². The number of carbonyl (C=O) groups excluding carboxylic acids is 1. The van der Waals surface area contributed by atoms with E-state index in [1.165, 1.54) is 0 Å². The zero-order chi connectivity index (χ0) is 13.8. The van der Waals surface area contributed by atoms with E-state index in [1.54, 1.807) is 19.3 Å². The van der Waals surface area contributed by atoms with Crippen LogP contribution in [0.1, 0.15) is 24.0 Å². The van der Waals surface area contributed by atoms with Gasteiger partial charge in [-0.05, 0) is 36.2 Å². The summed E-state index contributed by atoms with van der Waals surface area (Å²) < 4.78 is 0. The van der Waals surface area contributed by atoms with Gasteiger partial charge >= 0.3 is 0 Å². The number of nitrogens with zero attached hydrogens (tertiary/aromatic N) is 2. The van der Waals surface area contributed by atoms with Gasteiger partial charge in [0.1, 0.15) is 5.78 Å². The van der Waals surface area contributed by atoms with Crippen molar-refractivity contribution in [3.8, 4) is 0 Å². The first-order valence-corrected chi connectivity index (χ1v) is 6.27. The monoisotopic (exact) mass is 254 g/mol. The Morgan fingerprint density at radius 3 is 2.26 bits per heavy atom. The van der Waals surface area contributed by atoms with E-state index < -0.39 is 0 Å². The third-order valence-electron chi connectivity index (χ3n) is 3.17. The molecular formula is C16H18N2O. The minimum atomic E-state index is -0.232. The molecule has 2 rings (SSSR count). The van der Waals surface area contributed by atoms with Crippen LogP contribution in [0.15, 0.2) is 48.8 Å². The van der Waals surface area contributed by atoms with Crippen LogP contribution in [0.25, 0.3) is 0 Å². The number of hydrogen-bond donors (Lipinski definition) is 0. The standard InChI is InChI=1S/C16H18N2O/c1-12(19)16(14-5-4-10-17-11-14)13-6-8-15(9-7-13)18(2)3/h4-11,16H,1-3H3. The van der Waals surface area contributed by atoms with E-state index in [9.17, 15) is 4.79 Å². The fourth-order valence-electron chi connectivity index (χ4n) is 2.17. The Labute approximate surface area is 113 Å². The van der Waals surface area contributed by atoms with Crippen molar-refractivity contribution < 1.29 is 4.79 Å². The van der Waals surface area contributed by atoms with Gasteiger partial charge < -0.3 is 4.90 Å². The minimum absolute atomic E-state index is 0.130. The molecule has 1 atom stereocenters. The number of anilines is 1. The largest absolute Gasteiger partial charge is 0.378 e. The summed E-state index contributed by atoms with van der Waals surface area (Å²) in [5.74, 6) is -0.101. The third kappa shape index (κ3) is 2.99. The lowest BCUT2D eigenvalue weighted by atomic mass is 9.89. The number of carbonyl (C=O) groups is 1. The summed E-state index contributed by atoms with van der Waals surface area (Å²) in [5, 5.41) is 0. The van der Waals surface area contributed by atoms with E-state index in [2.05, 4.69) is 4.98 Å². The number of Topliss-reactive ketones (excluding diaryl/α,β-unsaturated/α-hetero) is 1. The predicted molar refractivity (Wildman–Crippen MR) is 77.5 cm³/mol. The number of rotatable bonds is 4. The van der Waals surface area contributed by atoms with Crippen LogP contribution in [0, 0.1) is 0 Å². The van der Waals surface area contributed by atoms with Crippen LogP contribution < -0.4 is 4.90 Å². The molecule has 0 spiro atoms. The lowest BCUT2D eigenvalue weighted by molar-refractivity contribution is -0.117. The van der Waals surface area contributed by atoms with E-state index in [-0.39, 0.29) is 11.7 Å². The second kappa shape index (κ2) is 5.65. The lowest BCUT2D eigenvalue weighted by Crippen LogP contribution is -2.12. The van der Waals surface area contributed by atoms with E-state index in [0.717, 1.165) is 16.8 Å². The highest BCUT2D eigenvalue weighted by atomic mass is 16.1. The van der Waals surface area contributed by atoms with Gasteiger partial charge in [0.15, 0.2) is 0 Å². The molecule has 0 amide bonds. The molecule has 0 aliphatic heterocycles. The first-order valence-electron chi connectivity index (χ1n) is 6.27. The van der Waals surface area contributed by atoms with Crippen LogP contribution in [0.3, 0.4) is 0 Å². The zero-order valence-corrected chi connectivity index (χ0v) is 11.5. The maximum Gasteiger partial charge on any atom is 0.141 e. The van der Waals surface area contributed by atoms with Crippen molar-refractivity contribution in [1.82, 2.24) is 4.98 Å². The highest BCUT2D eigenvalue weighted by Crippen LogP contribution is 2.26. The molecule has 19 heavy (non-hydrogen) atoms. The van der Waals surface area contributed by atoms with Crippen molar-refractivity contribution in [3.63, 3.8) is 0 Å². The molecule has 0 saturated carbocycles. The zero-order valence-electron chi connectivity index (χ0n) is 11.5. The Morgan fingerprint density at radius 1 is 1.11 bits per heavy atom. The molecule has 98 valence electrons. The SMILES string of the molecule is CC(=O)C(c1ccc(N(C)C)cc1)c1cccnc1. The molecule has 0 saturated heterocycles. The van der Waals surface area contributed by atoms with Gasteiger partial charge in [-0.25, -0.2) is 0 Å². The molecular weight excluding hydrogens is 236 g/mol. The molecule has 1 heterocycles. The molecule has 0 aliphatic rings. The summed E-state index contributed by atoms with van der Waals surface area (Å²) in [6.45, 7) is 1.62. The maximum atomic E-state index is 11.9. The molecule has 0 bridgehead atoms. The molecule has 3 nitrogen and oxygen atoms in total. The molecule has 0 aliphatic carbocycles. The highest BCUT2D eigenvalue weighted by molar-refractivity contribution is 5.86. The molecule has 0 radical (unpaired) electrons. The Balaban J connectivity index is 2.38. The fraction of sp³-hybridized carbons (Fsp3) is 0.250. The van der Waals surface area contributed by atoms with Gasteiger partial charge in [0.2, 0.25) is 0 Å². The van der Waals surface area contributed by atoms with Crippen LogP contribution in [-0.4, -0.2) is 24.9 Å². The third-order valence-corrected chi connectivity index (χ3v) is 3.17. The topological polar surface area (TPSA) is 33.2 Å². The van der Waals surface area contributed by atoms with Crippen LogP contribution >= 0.6 is 0 Å². The number of pyridine rings is 1. The highest BCUT2D eigenvalue weighted by Gasteiger charge is 2.19. The van der Waals surface area contributed by atoms with Gasteiger partial charge in [-0.15, -0.1) is 0 Å². The first-order chi connectivity index (χ1) is 9.09. The quantitative estimate of drug-likeness (QED) is 0.841. The van der Waals surface area contributed by atoms with Crippen LogP contribution in [0.5, 0.6) is 0 Å². The van der Waals surface area contributed by atoms with Gasteiger partial charge in [0.05, 0.1) is 5.92 Å². The molecule has 2 aromatic rings. The van der Waals surface area contributed by atoms with Crippen molar-refractivity contribution in [2.24, 2.45) is 0 Å². The summed E-state index contributed by atoms with van der Waals surface area (Å²) in [4.78, 5) is 18.1. The Bertz CT molecular complexity index is 547. The van der Waals surface area contributed by atoms with Gasteiger partial charge in [0.25, 0.3) is 0 Å². The average Bonchev–Trinajstić information content (AvgIpc) is 2.40. The van der Waals surface area contributed by atoms with E-state index in [4.69, 9.17) is 0 Å². The van der Waals surface area contributed by atoms with Gasteiger partial charge in [-0.3, -0.25) is 9.78 Å². The van der Waals surface area contributed by atoms with E-state index in [1.807, 2.05) is 55.4 Å². The molecule has 1 unspecified atom stereocenters. The minimum Gasteiger partial charge on any atom is -0.378 e. The molecule has 1 aromatic carbocycles. The van der Waals surface area contributed by atoms with E-state index >= 15 is 0 Å². The Kier molecular flexibility index (Phi) is 3.95. The molecule has 0 N–H and O–H groups in total. The predicted octanol–water partition coefficient (Wildman–Crippen LogP) is 2.87. The van der Waals surface area contributed by atoms with Crippen molar-refractivity contribution in [1.29, 1.82) is 0 Å². The smallest absolute Gasteiger partial charge is 0.141 e. The van der Waals surface area contributed by atoms with Crippen LogP contribution in [-0.2, 0) is 4.79 Å². The van der Waals surface area contributed by atoms with Crippen molar-refractivity contribution >= 4 is 11.5 Å². The summed E-state index contributed by atoms with van der Waals surface area (Å²) in [6.07, 6.45) is 3.47. The molecule has 1 aromatic heterocycles. The summed E-state index contributed by atoms with van der Waals surface area (Å²) >= 11 is 0. The summed E-state index contributed by atoms with van der Waals surface area (Å²) in [5.41, 5.74) is 3.07. The summed E-state index contributed by atoms with van der Waals surface area (Å²) in [7, 11) is 4.00. The summed E-state index contributed by atoms with van der Waals surface area (Å²) in [6, 6.07) is 11.9. The van der Waals surface area contributed by atoms with Crippen LogP contribution in [0.4, 0.5) is 5.69 Å². The maximum absolute atomic E-state index is 11.9. The van der Waals surface area contributed by atoms with Crippen molar-refractivity contribution in [2.75, 3.05) is 19.0 Å². The fourth-order valence-corrected chi connectivity index (χ4v) is 2.17. The van der Waals surface area contributed by atoms with Gasteiger partial charge in [-0.2, -0.15) is 0 Å². The van der Waals surface area contributed by atoms with E-state index in [0.29, 0.717) is 0 Å². The second-order valence-corrected chi connectivity index (χ2v) is 4.82. The molecule has 0 fully saturated rings. The normalized spacial score (nSPS) is 11.9.